The molecule has 0 aliphatic heterocycles. The standard InChI is InChI=1S/C52H35NO/c1-4-12-36(13-5-1)39-20-22-43(23-21-39)46-34-35-49-50(48-33-28-42-18-10-11-19-47(42)52(48)54-49)51(46)53(44-29-24-40(25-30-44)37-14-6-2-7-15-37)45-31-26-41(27-32-45)38-16-8-3-9-17-38/h1-35H. The van der Waals surface area contributed by atoms with E-state index in [0.29, 0.717) is 0 Å². The van der Waals surface area contributed by atoms with Gasteiger partial charge in [0.25, 0.3) is 0 Å². The number of fused-ring (bicyclic) bond motifs is 5. The Morgan fingerprint density at radius 1 is 0.315 bits per heavy atom. The molecule has 0 unspecified atom stereocenters. The Hall–Kier alpha value is -7.16. The highest BCUT2D eigenvalue weighted by molar-refractivity contribution is 6.21. The van der Waals surface area contributed by atoms with Gasteiger partial charge in [-0.3, -0.25) is 0 Å². The third-order valence-electron chi connectivity index (χ3n) is 10.5. The van der Waals surface area contributed by atoms with Crippen molar-refractivity contribution in [2.75, 3.05) is 4.90 Å². The van der Waals surface area contributed by atoms with Gasteiger partial charge in [-0.15, -0.1) is 0 Å². The fraction of sp³-hybridized carbons (Fsp3) is 0. The number of hydrogen-bond acceptors (Lipinski definition) is 2. The van der Waals surface area contributed by atoms with Crippen LogP contribution >= 0.6 is 0 Å². The molecule has 9 aromatic carbocycles. The molecule has 0 spiro atoms. The molecule has 54 heavy (non-hydrogen) atoms. The Balaban J connectivity index is 1.24. The third kappa shape index (κ3) is 5.62. The first-order chi connectivity index (χ1) is 26.8. The molecule has 0 aliphatic rings. The van der Waals surface area contributed by atoms with Gasteiger partial charge in [0.2, 0.25) is 0 Å². The third-order valence-corrected chi connectivity index (χ3v) is 10.5. The number of benzene rings is 9. The van der Waals surface area contributed by atoms with Crippen LogP contribution in [0, 0.1) is 0 Å². The Morgan fingerprint density at radius 3 is 1.30 bits per heavy atom. The predicted molar refractivity (Wildman–Crippen MR) is 228 cm³/mol. The first-order valence-electron chi connectivity index (χ1n) is 18.4. The second-order valence-electron chi connectivity index (χ2n) is 13.7. The van der Waals surface area contributed by atoms with E-state index >= 15 is 0 Å². The molecule has 0 bridgehead atoms. The number of rotatable bonds is 7. The van der Waals surface area contributed by atoms with Crippen LogP contribution in [0.4, 0.5) is 17.1 Å². The minimum Gasteiger partial charge on any atom is -0.455 e. The van der Waals surface area contributed by atoms with Gasteiger partial charge in [-0.1, -0.05) is 170 Å². The number of nitrogens with zero attached hydrogens (tertiary/aromatic N) is 1. The molecule has 0 saturated carbocycles. The maximum Gasteiger partial charge on any atom is 0.143 e. The molecule has 1 aromatic heterocycles. The molecule has 0 saturated heterocycles. The lowest BCUT2D eigenvalue weighted by atomic mass is 9.95. The SMILES string of the molecule is c1ccc(-c2ccc(-c3ccc4oc5c6ccccc6ccc5c4c3N(c3ccc(-c4ccccc4)cc3)c3ccc(-c4ccccc4)cc3)cc2)cc1. The number of anilines is 3. The van der Waals surface area contributed by atoms with Crippen molar-refractivity contribution in [1.82, 2.24) is 0 Å². The summed E-state index contributed by atoms with van der Waals surface area (Å²) in [6.07, 6.45) is 0. The Bertz CT molecular complexity index is 2790. The van der Waals surface area contributed by atoms with Crippen LogP contribution in [0.1, 0.15) is 0 Å². The van der Waals surface area contributed by atoms with Crippen molar-refractivity contribution < 1.29 is 4.42 Å². The molecule has 2 heteroatoms. The first kappa shape index (κ1) is 31.6. The van der Waals surface area contributed by atoms with Gasteiger partial charge in [-0.2, -0.15) is 0 Å². The summed E-state index contributed by atoms with van der Waals surface area (Å²) >= 11 is 0. The lowest BCUT2D eigenvalue weighted by molar-refractivity contribution is 0.673. The lowest BCUT2D eigenvalue weighted by Crippen LogP contribution is -2.12. The lowest BCUT2D eigenvalue weighted by Gasteiger charge is -2.29. The zero-order valence-electron chi connectivity index (χ0n) is 29.6. The summed E-state index contributed by atoms with van der Waals surface area (Å²) in [7, 11) is 0. The molecule has 10 aromatic rings. The molecule has 1 heterocycles. The van der Waals surface area contributed by atoms with E-state index in [4.69, 9.17) is 4.42 Å². The van der Waals surface area contributed by atoms with Crippen LogP contribution in [0.3, 0.4) is 0 Å². The maximum absolute atomic E-state index is 6.82. The van der Waals surface area contributed by atoms with E-state index < -0.39 is 0 Å². The zero-order chi connectivity index (χ0) is 35.8. The molecule has 0 N–H and O–H groups in total. The fourth-order valence-electron chi connectivity index (χ4n) is 7.79. The largest absolute Gasteiger partial charge is 0.455 e. The molecular weight excluding hydrogens is 655 g/mol. The van der Waals surface area contributed by atoms with E-state index in [0.717, 1.165) is 60.9 Å². The van der Waals surface area contributed by atoms with Crippen LogP contribution in [0.2, 0.25) is 0 Å². The summed E-state index contributed by atoms with van der Waals surface area (Å²) in [4.78, 5) is 2.41. The smallest absolute Gasteiger partial charge is 0.143 e. The van der Waals surface area contributed by atoms with Crippen molar-refractivity contribution in [2.45, 2.75) is 0 Å². The second kappa shape index (κ2) is 13.4. The minimum absolute atomic E-state index is 0.854. The van der Waals surface area contributed by atoms with E-state index in [2.05, 4.69) is 217 Å². The molecule has 0 atom stereocenters. The van der Waals surface area contributed by atoms with Crippen LogP contribution in [-0.4, -0.2) is 0 Å². The van der Waals surface area contributed by atoms with Crippen molar-refractivity contribution >= 4 is 49.8 Å². The van der Waals surface area contributed by atoms with Gasteiger partial charge >= 0.3 is 0 Å². The van der Waals surface area contributed by atoms with Gasteiger partial charge in [-0.05, 0) is 86.8 Å². The molecule has 0 radical (unpaired) electrons. The fourth-order valence-corrected chi connectivity index (χ4v) is 7.79. The van der Waals surface area contributed by atoms with Crippen LogP contribution < -0.4 is 4.90 Å². The molecular formula is C52H35NO. The number of furan rings is 1. The van der Waals surface area contributed by atoms with Crippen molar-refractivity contribution in [3.05, 3.63) is 212 Å². The van der Waals surface area contributed by atoms with Gasteiger partial charge in [0, 0.05) is 27.7 Å². The quantitative estimate of drug-likeness (QED) is 0.166. The van der Waals surface area contributed by atoms with E-state index in [9.17, 15) is 0 Å². The van der Waals surface area contributed by atoms with E-state index in [1.54, 1.807) is 0 Å². The summed E-state index contributed by atoms with van der Waals surface area (Å²) in [6, 6.07) is 75.8. The molecule has 254 valence electrons. The Kier molecular flexibility index (Phi) is 7.85. The topological polar surface area (TPSA) is 16.4 Å². The summed E-state index contributed by atoms with van der Waals surface area (Å²) in [6.45, 7) is 0. The summed E-state index contributed by atoms with van der Waals surface area (Å²) in [5.41, 5.74) is 14.3. The molecule has 0 amide bonds. The van der Waals surface area contributed by atoms with Crippen LogP contribution in [0.5, 0.6) is 0 Å². The van der Waals surface area contributed by atoms with Crippen molar-refractivity contribution in [2.24, 2.45) is 0 Å². The monoisotopic (exact) mass is 689 g/mol. The highest BCUT2D eigenvalue weighted by atomic mass is 16.3. The van der Waals surface area contributed by atoms with Gasteiger partial charge < -0.3 is 9.32 Å². The average Bonchev–Trinajstić information content (AvgIpc) is 3.65. The Labute approximate surface area is 314 Å². The summed E-state index contributed by atoms with van der Waals surface area (Å²) in [5, 5.41) is 4.44. The van der Waals surface area contributed by atoms with E-state index in [-0.39, 0.29) is 0 Å². The van der Waals surface area contributed by atoms with Crippen molar-refractivity contribution in [1.29, 1.82) is 0 Å². The van der Waals surface area contributed by atoms with Gasteiger partial charge in [0.1, 0.15) is 11.2 Å². The van der Waals surface area contributed by atoms with Crippen LogP contribution in [-0.2, 0) is 0 Å². The normalized spacial score (nSPS) is 11.3. The summed E-state index contributed by atoms with van der Waals surface area (Å²) in [5.74, 6) is 0. The minimum atomic E-state index is 0.854. The molecule has 10 rings (SSSR count). The molecule has 0 fully saturated rings. The second-order valence-corrected chi connectivity index (χ2v) is 13.7. The first-order valence-corrected chi connectivity index (χ1v) is 18.4. The van der Waals surface area contributed by atoms with Crippen molar-refractivity contribution in [3.8, 4) is 44.5 Å². The van der Waals surface area contributed by atoms with Gasteiger partial charge in [0.15, 0.2) is 0 Å². The van der Waals surface area contributed by atoms with Gasteiger partial charge in [0.05, 0.1) is 11.1 Å². The summed E-state index contributed by atoms with van der Waals surface area (Å²) < 4.78 is 6.82. The zero-order valence-corrected chi connectivity index (χ0v) is 29.6. The van der Waals surface area contributed by atoms with E-state index in [1.165, 1.54) is 33.4 Å². The maximum atomic E-state index is 6.82. The molecule has 2 nitrogen and oxygen atoms in total. The molecule has 0 aliphatic carbocycles. The number of hydrogen-bond donors (Lipinski definition) is 0. The van der Waals surface area contributed by atoms with Crippen molar-refractivity contribution in [3.63, 3.8) is 0 Å². The Morgan fingerprint density at radius 2 is 0.759 bits per heavy atom. The van der Waals surface area contributed by atoms with E-state index in [1.807, 2.05) is 0 Å². The van der Waals surface area contributed by atoms with Gasteiger partial charge in [-0.25, -0.2) is 0 Å². The predicted octanol–water partition coefficient (Wildman–Crippen LogP) is 14.9. The highest BCUT2D eigenvalue weighted by Gasteiger charge is 2.25. The average molecular weight is 690 g/mol. The van der Waals surface area contributed by atoms with Crippen LogP contribution in [0.25, 0.3) is 77.2 Å². The van der Waals surface area contributed by atoms with Crippen LogP contribution in [0.15, 0.2) is 217 Å². The highest BCUT2D eigenvalue weighted by Crippen LogP contribution is 2.49.